The van der Waals surface area contributed by atoms with E-state index < -0.39 is 12.3 Å². The summed E-state index contributed by atoms with van der Waals surface area (Å²) in [7, 11) is 0. The second kappa shape index (κ2) is 7.29. The first-order valence-electron chi connectivity index (χ1n) is 8.94. The second-order valence-corrected chi connectivity index (χ2v) is 6.42. The Bertz CT molecular complexity index is 1010. The number of carbonyl (C=O) groups is 1. The molecule has 28 heavy (non-hydrogen) atoms. The van der Waals surface area contributed by atoms with Gasteiger partial charge >= 0.3 is 0 Å². The molecule has 0 saturated carbocycles. The largest absolute Gasteiger partial charge is 0.469 e. The second-order valence-electron chi connectivity index (χ2n) is 6.42. The summed E-state index contributed by atoms with van der Waals surface area (Å²) in [5.41, 5.74) is 1.29. The van der Waals surface area contributed by atoms with Gasteiger partial charge in [0.05, 0.1) is 30.4 Å². The molecule has 3 aromatic rings. The number of amides is 1. The molecule has 10 heteroatoms. The van der Waals surface area contributed by atoms with Crippen molar-refractivity contribution in [3.8, 4) is 5.88 Å². The van der Waals surface area contributed by atoms with Crippen molar-refractivity contribution in [1.82, 2.24) is 29.6 Å². The Hall–Kier alpha value is -3.43. The lowest BCUT2D eigenvalue weighted by atomic mass is 10.3. The number of anilines is 2. The average molecular weight is 385 g/mol. The van der Waals surface area contributed by atoms with Crippen LogP contribution >= 0.6 is 0 Å². The number of hydrogen-bond donors (Lipinski definition) is 2. The average Bonchev–Trinajstić information content (AvgIpc) is 3.42. The maximum atomic E-state index is 14.4. The summed E-state index contributed by atoms with van der Waals surface area (Å²) in [5, 5.41) is 7.91. The van der Waals surface area contributed by atoms with Gasteiger partial charge in [-0.1, -0.05) is 6.58 Å². The van der Waals surface area contributed by atoms with Gasteiger partial charge in [-0.3, -0.25) is 9.48 Å². The number of aromatic amines is 1. The molecule has 2 atom stereocenters. The number of halogens is 1. The molecule has 1 aliphatic heterocycles. The number of hydrogen-bond acceptors (Lipinski definition) is 6. The van der Waals surface area contributed by atoms with Crippen LogP contribution in [0.1, 0.15) is 6.92 Å². The van der Waals surface area contributed by atoms with Gasteiger partial charge in [0.1, 0.15) is 5.65 Å². The first-order chi connectivity index (χ1) is 13.6. The van der Waals surface area contributed by atoms with Gasteiger partial charge in [0, 0.05) is 18.9 Å². The summed E-state index contributed by atoms with van der Waals surface area (Å²) in [6.07, 6.45) is 4.25. The topological polar surface area (TPSA) is 101 Å². The highest BCUT2D eigenvalue weighted by Crippen LogP contribution is 2.28. The Morgan fingerprint density at radius 3 is 3.11 bits per heavy atom. The highest BCUT2D eigenvalue weighted by Gasteiger charge is 2.37. The zero-order valence-electron chi connectivity index (χ0n) is 15.3. The minimum Gasteiger partial charge on any atom is -0.469 e. The number of fused-ring (bicyclic) bond motifs is 1. The summed E-state index contributed by atoms with van der Waals surface area (Å²) >= 11 is 0. The number of aromatic nitrogens is 5. The predicted molar refractivity (Wildman–Crippen MR) is 101 cm³/mol. The molecule has 2 N–H and O–H groups in total. The third kappa shape index (κ3) is 3.40. The molecule has 0 bridgehead atoms. The minimum absolute atomic E-state index is 0.0296. The zero-order valence-corrected chi connectivity index (χ0v) is 15.3. The van der Waals surface area contributed by atoms with Crippen molar-refractivity contribution in [2.24, 2.45) is 0 Å². The van der Waals surface area contributed by atoms with Gasteiger partial charge in [-0.05, 0) is 19.1 Å². The number of alkyl halides is 1. The quantitative estimate of drug-likeness (QED) is 0.630. The van der Waals surface area contributed by atoms with Crippen LogP contribution < -0.4 is 10.1 Å². The van der Waals surface area contributed by atoms with Crippen molar-refractivity contribution in [2.75, 3.05) is 18.4 Å². The van der Waals surface area contributed by atoms with Gasteiger partial charge < -0.3 is 19.9 Å². The lowest BCUT2D eigenvalue weighted by Crippen LogP contribution is -2.30. The van der Waals surface area contributed by atoms with Crippen molar-refractivity contribution in [3.63, 3.8) is 0 Å². The van der Waals surface area contributed by atoms with Crippen LogP contribution in [0.15, 0.2) is 37.3 Å². The third-order valence-electron chi connectivity index (χ3n) is 4.54. The number of aryl methyl sites for hydroxylation is 1. The van der Waals surface area contributed by atoms with Gasteiger partial charge in [-0.15, -0.1) is 0 Å². The van der Waals surface area contributed by atoms with E-state index in [4.69, 9.17) is 4.74 Å². The summed E-state index contributed by atoms with van der Waals surface area (Å²) in [6.45, 7) is 6.27. The molecule has 0 aromatic carbocycles. The number of carbonyl (C=O) groups excluding carboxylic acids is 1. The number of rotatable bonds is 6. The van der Waals surface area contributed by atoms with E-state index in [0.29, 0.717) is 17.0 Å². The van der Waals surface area contributed by atoms with Gasteiger partial charge in [0.2, 0.25) is 17.7 Å². The molecule has 3 aromatic heterocycles. The first-order valence-corrected chi connectivity index (χ1v) is 8.94. The van der Waals surface area contributed by atoms with Crippen LogP contribution in [0.4, 0.5) is 16.0 Å². The number of nitrogens with one attached hydrogen (secondary N) is 2. The molecule has 0 spiro atoms. The van der Waals surface area contributed by atoms with E-state index >= 15 is 0 Å². The van der Waals surface area contributed by atoms with Crippen LogP contribution in [0.25, 0.3) is 11.0 Å². The van der Waals surface area contributed by atoms with E-state index in [0.717, 1.165) is 12.2 Å². The molecule has 1 saturated heterocycles. The van der Waals surface area contributed by atoms with Crippen LogP contribution in [-0.4, -0.2) is 60.9 Å². The Morgan fingerprint density at radius 2 is 2.36 bits per heavy atom. The molecular weight excluding hydrogens is 365 g/mol. The smallest absolute Gasteiger partial charge is 0.246 e. The van der Waals surface area contributed by atoms with Crippen LogP contribution in [-0.2, 0) is 11.3 Å². The van der Waals surface area contributed by atoms with Gasteiger partial charge in [0.15, 0.2) is 12.3 Å². The summed E-state index contributed by atoms with van der Waals surface area (Å²) in [4.78, 5) is 24.9. The molecule has 4 heterocycles. The Labute approximate surface area is 160 Å². The summed E-state index contributed by atoms with van der Waals surface area (Å²) < 4.78 is 22.0. The van der Waals surface area contributed by atoms with Crippen LogP contribution in [0.2, 0.25) is 0 Å². The Kier molecular flexibility index (Phi) is 4.68. The fourth-order valence-corrected chi connectivity index (χ4v) is 3.09. The summed E-state index contributed by atoms with van der Waals surface area (Å²) in [5.74, 6) is 0.226. The van der Waals surface area contributed by atoms with Gasteiger partial charge in [-0.2, -0.15) is 15.1 Å². The van der Waals surface area contributed by atoms with E-state index in [1.807, 2.05) is 13.1 Å². The molecular formula is C18H20FN7O2. The van der Waals surface area contributed by atoms with Crippen LogP contribution in [0, 0.1) is 0 Å². The van der Waals surface area contributed by atoms with E-state index in [-0.39, 0.29) is 24.9 Å². The maximum absolute atomic E-state index is 14.4. The van der Waals surface area contributed by atoms with Crippen molar-refractivity contribution in [2.45, 2.75) is 25.7 Å². The molecule has 1 aliphatic rings. The number of ether oxygens (including phenoxy) is 1. The standard InChI is InChI=1S/C18H20FN7O2/c1-3-15(27)25-9-13(19)14(10-25)28-17-12-5-6-20-16(12)23-18(24-17)22-11-7-21-26(4-2)8-11/h3,5-8,13-14H,1,4,9-10H2,2H3,(H2,20,22,23,24)/t13-,14+/m1/s1. The van der Waals surface area contributed by atoms with E-state index in [1.165, 1.54) is 11.0 Å². The SMILES string of the molecule is C=CC(=O)N1C[C@@H](F)[C@@H](Oc2nc(Nc3cnn(CC)c3)nc3[nH]ccc23)C1. The predicted octanol–water partition coefficient (Wildman–Crippen LogP) is 2.03. The molecule has 1 fully saturated rings. The monoisotopic (exact) mass is 385 g/mol. The normalized spacial score (nSPS) is 19.1. The fraction of sp³-hybridized carbons (Fsp3) is 0.333. The van der Waals surface area contributed by atoms with E-state index in [1.54, 1.807) is 23.1 Å². The highest BCUT2D eigenvalue weighted by molar-refractivity contribution is 5.87. The van der Waals surface area contributed by atoms with Crippen molar-refractivity contribution < 1.29 is 13.9 Å². The van der Waals surface area contributed by atoms with Crippen molar-refractivity contribution in [1.29, 1.82) is 0 Å². The zero-order chi connectivity index (χ0) is 19.7. The molecule has 4 rings (SSSR count). The first kappa shape index (κ1) is 18.0. The molecule has 146 valence electrons. The molecule has 0 aliphatic carbocycles. The van der Waals surface area contributed by atoms with Crippen LogP contribution in [0.5, 0.6) is 5.88 Å². The number of nitrogens with zero attached hydrogens (tertiary/aromatic N) is 5. The molecule has 1 amide bonds. The Morgan fingerprint density at radius 1 is 1.50 bits per heavy atom. The van der Waals surface area contributed by atoms with Gasteiger partial charge in [-0.25, -0.2) is 4.39 Å². The van der Waals surface area contributed by atoms with E-state index in [2.05, 4.69) is 31.9 Å². The summed E-state index contributed by atoms with van der Waals surface area (Å²) in [6, 6.07) is 1.76. The highest BCUT2D eigenvalue weighted by atomic mass is 19.1. The minimum atomic E-state index is -1.31. The number of likely N-dealkylation sites (tertiary alicyclic amines) is 1. The lowest BCUT2D eigenvalue weighted by Gasteiger charge is -2.16. The number of H-pyrrole nitrogens is 1. The lowest BCUT2D eigenvalue weighted by molar-refractivity contribution is -0.125. The fourth-order valence-electron chi connectivity index (χ4n) is 3.09. The van der Waals surface area contributed by atoms with Gasteiger partial charge in [0.25, 0.3) is 0 Å². The molecule has 9 nitrogen and oxygen atoms in total. The Balaban J connectivity index is 1.58. The van der Waals surface area contributed by atoms with E-state index in [9.17, 15) is 9.18 Å². The molecule has 0 unspecified atom stereocenters. The molecule has 0 radical (unpaired) electrons. The maximum Gasteiger partial charge on any atom is 0.246 e. The van der Waals surface area contributed by atoms with Crippen LogP contribution in [0.3, 0.4) is 0 Å². The van der Waals surface area contributed by atoms with Crippen molar-refractivity contribution >= 4 is 28.6 Å². The third-order valence-corrected chi connectivity index (χ3v) is 4.54. The van der Waals surface area contributed by atoms with Crippen molar-refractivity contribution in [3.05, 3.63) is 37.3 Å².